The lowest BCUT2D eigenvalue weighted by Gasteiger charge is -2.08. The van der Waals surface area contributed by atoms with Crippen LogP contribution in [-0.4, -0.2) is 29.5 Å². The number of methoxy groups -OCH3 is 1. The highest BCUT2D eigenvalue weighted by Gasteiger charge is 2.13. The Morgan fingerprint density at radius 2 is 2.04 bits per heavy atom. The number of hydrogen-bond donors (Lipinski definition) is 0. The Balaban J connectivity index is 1.79. The number of carbonyl (C=O) groups is 1. The first-order valence-electron chi connectivity index (χ1n) is 6.98. The van der Waals surface area contributed by atoms with Crippen LogP contribution in [0.2, 0.25) is 0 Å². The van der Waals surface area contributed by atoms with Crippen molar-refractivity contribution in [3.8, 4) is 11.6 Å². The highest BCUT2D eigenvalue weighted by atomic mass is 79.9. The van der Waals surface area contributed by atoms with E-state index in [2.05, 4.69) is 25.9 Å². The second-order valence-corrected chi connectivity index (χ2v) is 5.82. The molecular weight excluding hydrogens is 379 g/mol. The number of ketones is 1. The Morgan fingerprint density at radius 3 is 2.79 bits per heavy atom. The maximum absolute atomic E-state index is 13.7. The van der Waals surface area contributed by atoms with Gasteiger partial charge in [0, 0.05) is 10.0 Å². The molecule has 0 saturated heterocycles. The Bertz CT molecular complexity index is 917. The summed E-state index contributed by atoms with van der Waals surface area (Å²) in [5.74, 6) is -0.583. The van der Waals surface area contributed by atoms with Gasteiger partial charge in [-0.15, -0.1) is 0 Å². The minimum Gasteiger partial charge on any atom is -0.494 e. The highest BCUT2D eigenvalue weighted by molar-refractivity contribution is 9.10. The van der Waals surface area contributed by atoms with Crippen LogP contribution >= 0.6 is 15.9 Å². The molecule has 122 valence electrons. The van der Waals surface area contributed by atoms with E-state index in [1.807, 2.05) is 18.2 Å². The van der Waals surface area contributed by atoms with Crippen molar-refractivity contribution in [2.75, 3.05) is 13.7 Å². The predicted octanol–water partition coefficient (Wildman–Crippen LogP) is 3.80. The highest BCUT2D eigenvalue weighted by Crippen LogP contribution is 2.25. The fourth-order valence-corrected chi connectivity index (χ4v) is 2.54. The van der Waals surface area contributed by atoms with Crippen molar-refractivity contribution in [1.82, 2.24) is 9.97 Å². The molecule has 3 rings (SSSR count). The van der Waals surface area contributed by atoms with Gasteiger partial charge in [-0.1, -0.05) is 15.9 Å². The fraction of sp³-hybridized carbons (Fsp3) is 0.118. The number of halogens is 2. The van der Waals surface area contributed by atoms with Gasteiger partial charge in [0.05, 0.1) is 18.0 Å². The van der Waals surface area contributed by atoms with Gasteiger partial charge in [0.2, 0.25) is 5.88 Å². The Morgan fingerprint density at radius 1 is 1.21 bits per heavy atom. The van der Waals surface area contributed by atoms with Crippen LogP contribution in [0.5, 0.6) is 11.6 Å². The molecule has 0 fully saturated rings. The molecule has 0 atom stereocenters. The first-order chi connectivity index (χ1) is 11.6. The number of nitrogens with zero attached hydrogens (tertiary/aromatic N) is 2. The summed E-state index contributed by atoms with van der Waals surface area (Å²) >= 11 is 3.37. The maximum atomic E-state index is 13.7. The van der Waals surface area contributed by atoms with Gasteiger partial charge in [-0.2, -0.15) is 0 Å². The van der Waals surface area contributed by atoms with Crippen LogP contribution in [0.1, 0.15) is 10.4 Å². The lowest BCUT2D eigenvalue weighted by atomic mass is 10.1. The summed E-state index contributed by atoms with van der Waals surface area (Å²) in [6.45, 7) is -0.260. The number of carbonyl (C=O) groups excluding carboxylic acids is 1. The third-order valence-electron chi connectivity index (χ3n) is 3.37. The molecule has 0 unspecified atom stereocenters. The molecule has 0 N–H and O–H groups in total. The predicted molar refractivity (Wildman–Crippen MR) is 90.0 cm³/mol. The zero-order valence-corrected chi connectivity index (χ0v) is 14.2. The third-order valence-corrected chi connectivity index (χ3v) is 3.87. The van der Waals surface area contributed by atoms with Crippen LogP contribution < -0.4 is 9.47 Å². The number of rotatable bonds is 5. The molecular formula is C17H12BrFN2O3. The molecule has 0 bridgehead atoms. The molecule has 3 aromatic rings. The monoisotopic (exact) mass is 390 g/mol. The van der Waals surface area contributed by atoms with E-state index < -0.39 is 5.82 Å². The first kappa shape index (κ1) is 16.3. The van der Waals surface area contributed by atoms with Crippen LogP contribution in [0.3, 0.4) is 0 Å². The van der Waals surface area contributed by atoms with Crippen LogP contribution in [0, 0.1) is 5.82 Å². The van der Waals surface area contributed by atoms with Gasteiger partial charge < -0.3 is 9.47 Å². The molecule has 0 aliphatic carbocycles. The van der Waals surface area contributed by atoms with Crippen molar-refractivity contribution < 1.29 is 18.7 Å². The zero-order chi connectivity index (χ0) is 17.1. The molecule has 0 spiro atoms. The first-order valence-corrected chi connectivity index (χ1v) is 7.77. The average Bonchev–Trinajstić information content (AvgIpc) is 2.59. The minimum atomic E-state index is -0.597. The third kappa shape index (κ3) is 3.35. The summed E-state index contributed by atoms with van der Waals surface area (Å²) in [7, 11) is 1.36. The summed E-state index contributed by atoms with van der Waals surface area (Å²) in [4.78, 5) is 20.4. The minimum absolute atomic E-state index is 0.0825. The van der Waals surface area contributed by atoms with Gasteiger partial charge >= 0.3 is 0 Å². The van der Waals surface area contributed by atoms with E-state index in [9.17, 15) is 9.18 Å². The van der Waals surface area contributed by atoms with Crippen LogP contribution in [0.15, 0.2) is 47.2 Å². The van der Waals surface area contributed by atoms with E-state index >= 15 is 0 Å². The van der Waals surface area contributed by atoms with Gasteiger partial charge in [0.25, 0.3) is 0 Å². The summed E-state index contributed by atoms with van der Waals surface area (Å²) in [5.41, 5.74) is 0.902. The quantitative estimate of drug-likeness (QED) is 0.620. The van der Waals surface area contributed by atoms with Gasteiger partial charge in [-0.05, 0) is 36.4 Å². The topological polar surface area (TPSA) is 61.3 Å². The zero-order valence-electron chi connectivity index (χ0n) is 12.6. The van der Waals surface area contributed by atoms with E-state index in [1.165, 1.54) is 25.6 Å². The summed E-state index contributed by atoms with van der Waals surface area (Å²) in [6, 6.07) is 9.49. The summed E-state index contributed by atoms with van der Waals surface area (Å²) in [5, 5.41) is 0.681. The molecule has 7 heteroatoms. The van der Waals surface area contributed by atoms with E-state index in [0.717, 1.165) is 10.5 Å². The largest absolute Gasteiger partial charge is 0.494 e. The molecule has 0 radical (unpaired) electrons. The van der Waals surface area contributed by atoms with Crippen molar-refractivity contribution >= 4 is 32.6 Å². The fourth-order valence-electron chi connectivity index (χ4n) is 2.18. The van der Waals surface area contributed by atoms with Crippen LogP contribution in [-0.2, 0) is 0 Å². The van der Waals surface area contributed by atoms with Crippen molar-refractivity contribution in [2.24, 2.45) is 0 Å². The standard InChI is InChI=1S/C17H12BrFN2O3/c1-23-16-5-2-10(6-13(16)19)15(22)8-24-17-12-7-11(18)3-4-14(12)20-9-21-17/h2-7,9H,8H2,1H3. The van der Waals surface area contributed by atoms with E-state index in [1.54, 1.807) is 0 Å². The number of fused-ring (bicyclic) bond motifs is 1. The Kier molecular flexibility index (Phi) is 4.71. The van der Waals surface area contributed by atoms with Gasteiger partial charge in [-0.3, -0.25) is 4.79 Å². The molecule has 0 amide bonds. The van der Waals surface area contributed by atoms with Crippen molar-refractivity contribution in [3.63, 3.8) is 0 Å². The average molecular weight is 391 g/mol. The van der Waals surface area contributed by atoms with E-state index in [4.69, 9.17) is 9.47 Å². The second-order valence-electron chi connectivity index (χ2n) is 4.90. The lowest BCUT2D eigenvalue weighted by Crippen LogP contribution is -2.13. The van der Waals surface area contributed by atoms with E-state index in [-0.39, 0.29) is 23.7 Å². The maximum Gasteiger partial charge on any atom is 0.224 e. The molecule has 1 heterocycles. The van der Waals surface area contributed by atoms with Crippen molar-refractivity contribution in [2.45, 2.75) is 0 Å². The second kappa shape index (κ2) is 6.92. The number of benzene rings is 2. The smallest absolute Gasteiger partial charge is 0.224 e. The van der Waals surface area contributed by atoms with Crippen molar-refractivity contribution in [1.29, 1.82) is 0 Å². The summed E-state index contributed by atoms with van der Waals surface area (Å²) in [6.07, 6.45) is 1.36. The summed E-state index contributed by atoms with van der Waals surface area (Å²) < 4.78 is 24.9. The molecule has 0 aliphatic rings. The molecule has 5 nitrogen and oxygen atoms in total. The van der Waals surface area contributed by atoms with E-state index in [0.29, 0.717) is 16.8 Å². The Labute approximate surface area is 145 Å². The Hall–Kier alpha value is -2.54. The van der Waals surface area contributed by atoms with Crippen LogP contribution in [0.25, 0.3) is 10.9 Å². The molecule has 0 aliphatic heterocycles. The van der Waals surface area contributed by atoms with Gasteiger partial charge in [-0.25, -0.2) is 14.4 Å². The molecule has 2 aromatic carbocycles. The van der Waals surface area contributed by atoms with Gasteiger partial charge in [0.1, 0.15) is 6.33 Å². The molecule has 24 heavy (non-hydrogen) atoms. The number of Topliss-reactive ketones (excluding diaryl/α,β-unsaturated/α-hetero) is 1. The normalized spacial score (nSPS) is 10.6. The molecule has 1 aromatic heterocycles. The number of aromatic nitrogens is 2. The molecule has 0 saturated carbocycles. The number of hydrogen-bond acceptors (Lipinski definition) is 5. The SMILES string of the molecule is COc1ccc(C(=O)COc2ncnc3ccc(Br)cc23)cc1F. The van der Waals surface area contributed by atoms with Gasteiger partial charge in [0.15, 0.2) is 24.0 Å². The van der Waals surface area contributed by atoms with Crippen molar-refractivity contribution in [3.05, 3.63) is 58.6 Å². The van der Waals surface area contributed by atoms with Crippen LogP contribution in [0.4, 0.5) is 4.39 Å². The number of ether oxygens (including phenoxy) is 2. The lowest BCUT2D eigenvalue weighted by molar-refractivity contribution is 0.0918.